The molecule has 1 amide bonds. The van der Waals surface area contributed by atoms with Gasteiger partial charge in [-0.15, -0.1) is 0 Å². The molecule has 1 aromatic carbocycles. The highest BCUT2D eigenvalue weighted by atomic mass is 35.5. The predicted molar refractivity (Wildman–Crippen MR) is 96.8 cm³/mol. The molecule has 2 N–H and O–H groups in total. The molecular formula is C19H18ClN3O2. The van der Waals surface area contributed by atoms with Crippen LogP contribution in [0, 0.1) is 0 Å². The summed E-state index contributed by atoms with van der Waals surface area (Å²) in [5.41, 5.74) is 2.38. The van der Waals surface area contributed by atoms with E-state index in [-0.39, 0.29) is 18.1 Å². The highest BCUT2D eigenvalue weighted by molar-refractivity contribution is 6.30. The summed E-state index contributed by atoms with van der Waals surface area (Å²) in [6.07, 6.45) is 9.41. The summed E-state index contributed by atoms with van der Waals surface area (Å²) in [6.45, 7) is 1.46. The van der Waals surface area contributed by atoms with Gasteiger partial charge in [-0.3, -0.25) is 9.78 Å². The first-order valence-electron chi connectivity index (χ1n) is 7.89. The summed E-state index contributed by atoms with van der Waals surface area (Å²) in [7, 11) is 0. The summed E-state index contributed by atoms with van der Waals surface area (Å²) in [6, 6.07) is 8.61. The van der Waals surface area contributed by atoms with Crippen molar-refractivity contribution in [3.05, 3.63) is 82.9 Å². The fourth-order valence-corrected chi connectivity index (χ4v) is 2.73. The highest BCUT2D eigenvalue weighted by Crippen LogP contribution is 2.22. The predicted octanol–water partition coefficient (Wildman–Crippen LogP) is 3.01. The molecule has 2 aromatic rings. The van der Waals surface area contributed by atoms with E-state index in [1.165, 1.54) is 6.07 Å². The van der Waals surface area contributed by atoms with Crippen LogP contribution in [0.15, 0.2) is 66.8 Å². The summed E-state index contributed by atoms with van der Waals surface area (Å²) < 4.78 is 0. The second-order valence-electron chi connectivity index (χ2n) is 5.76. The molecule has 128 valence electrons. The van der Waals surface area contributed by atoms with E-state index in [1.807, 2.05) is 36.7 Å². The summed E-state index contributed by atoms with van der Waals surface area (Å²) in [4.78, 5) is 18.4. The molecular weight excluding hydrogens is 338 g/mol. The standard InChI is InChI=1S/C19H18ClN3O2/c20-16-3-4-18(24)15(10-16)11-19(25)22-17-5-8-23(9-6-17)13-14-2-1-7-21-12-14/h1-8,10,12,24H,9,11,13H2,(H,22,25). The van der Waals surface area contributed by atoms with E-state index >= 15 is 0 Å². The maximum absolute atomic E-state index is 12.2. The topological polar surface area (TPSA) is 65.5 Å². The molecule has 0 atom stereocenters. The van der Waals surface area contributed by atoms with E-state index in [9.17, 15) is 9.90 Å². The molecule has 25 heavy (non-hydrogen) atoms. The number of aromatic hydroxyl groups is 1. The molecule has 2 heterocycles. The molecule has 0 saturated heterocycles. The zero-order chi connectivity index (χ0) is 17.6. The lowest BCUT2D eigenvalue weighted by Gasteiger charge is -2.22. The molecule has 3 rings (SSSR count). The Labute approximate surface area is 151 Å². The molecule has 1 aromatic heterocycles. The van der Waals surface area contributed by atoms with Gasteiger partial charge in [0.2, 0.25) is 5.91 Å². The van der Waals surface area contributed by atoms with E-state index in [0.29, 0.717) is 17.1 Å². The van der Waals surface area contributed by atoms with Crippen molar-refractivity contribution in [3.8, 4) is 5.75 Å². The number of rotatable bonds is 5. The third-order valence-corrected chi connectivity index (χ3v) is 4.03. The van der Waals surface area contributed by atoms with Crippen LogP contribution in [0.2, 0.25) is 5.02 Å². The van der Waals surface area contributed by atoms with Gasteiger partial charge in [0.15, 0.2) is 0 Å². The van der Waals surface area contributed by atoms with Gasteiger partial charge in [0, 0.05) is 48.0 Å². The van der Waals surface area contributed by atoms with Crippen molar-refractivity contribution in [2.24, 2.45) is 0 Å². The molecule has 0 aliphatic carbocycles. The monoisotopic (exact) mass is 355 g/mol. The van der Waals surface area contributed by atoms with Crippen LogP contribution >= 0.6 is 11.6 Å². The van der Waals surface area contributed by atoms with Crippen molar-refractivity contribution in [2.75, 3.05) is 6.54 Å². The number of halogens is 1. The highest BCUT2D eigenvalue weighted by Gasteiger charge is 2.11. The summed E-state index contributed by atoms with van der Waals surface area (Å²) in [5, 5.41) is 13.1. The molecule has 0 unspecified atom stereocenters. The minimum absolute atomic E-state index is 0.0651. The van der Waals surface area contributed by atoms with Crippen LogP contribution in [0.1, 0.15) is 11.1 Å². The van der Waals surface area contributed by atoms with Crippen molar-refractivity contribution in [3.63, 3.8) is 0 Å². The molecule has 0 bridgehead atoms. The number of nitrogens with zero attached hydrogens (tertiary/aromatic N) is 2. The Hall–Kier alpha value is -2.79. The van der Waals surface area contributed by atoms with Gasteiger partial charge in [-0.05, 0) is 42.0 Å². The van der Waals surface area contributed by atoms with E-state index in [0.717, 1.165) is 17.8 Å². The van der Waals surface area contributed by atoms with E-state index in [1.54, 1.807) is 18.3 Å². The molecule has 5 nitrogen and oxygen atoms in total. The number of allylic oxidation sites excluding steroid dienone is 1. The molecule has 1 aliphatic heterocycles. The van der Waals surface area contributed by atoms with Crippen LogP contribution in [0.4, 0.5) is 0 Å². The number of carbonyl (C=O) groups excluding carboxylic acids is 1. The van der Waals surface area contributed by atoms with Crippen LogP contribution in [-0.2, 0) is 17.8 Å². The number of hydrogen-bond donors (Lipinski definition) is 2. The Bertz CT molecular complexity index is 819. The smallest absolute Gasteiger partial charge is 0.228 e. The molecule has 0 saturated carbocycles. The summed E-state index contributed by atoms with van der Waals surface area (Å²) in [5.74, 6) is -0.135. The van der Waals surface area contributed by atoms with Crippen molar-refractivity contribution < 1.29 is 9.90 Å². The van der Waals surface area contributed by atoms with Gasteiger partial charge in [0.1, 0.15) is 5.75 Å². The van der Waals surface area contributed by atoms with Gasteiger partial charge in [0.25, 0.3) is 0 Å². The number of phenols is 1. The second kappa shape index (κ2) is 7.85. The number of phenolic OH excluding ortho intramolecular Hbond substituents is 1. The quantitative estimate of drug-likeness (QED) is 0.865. The number of hydrogen-bond acceptors (Lipinski definition) is 4. The van der Waals surface area contributed by atoms with E-state index in [2.05, 4.69) is 15.2 Å². The van der Waals surface area contributed by atoms with Gasteiger partial charge in [-0.2, -0.15) is 0 Å². The lowest BCUT2D eigenvalue weighted by atomic mass is 10.1. The van der Waals surface area contributed by atoms with E-state index in [4.69, 9.17) is 11.6 Å². The van der Waals surface area contributed by atoms with Crippen LogP contribution < -0.4 is 5.32 Å². The maximum Gasteiger partial charge on any atom is 0.228 e. The lowest BCUT2D eigenvalue weighted by molar-refractivity contribution is -0.119. The van der Waals surface area contributed by atoms with Gasteiger partial charge in [0.05, 0.1) is 6.42 Å². The van der Waals surface area contributed by atoms with Crippen LogP contribution in [0.25, 0.3) is 0 Å². The van der Waals surface area contributed by atoms with Crippen LogP contribution in [0.5, 0.6) is 5.75 Å². The Balaban J connectivity index is 1.53. The van der Waals surface area contributed by atoms with Crippen molar-refractivity contribution >= 4 is 17.5 Å². The molecule has 1 aliphatic rings. The Morgan fingerprint density at radius 3 is 2.96 bits per heavy atom. The van der Waals surface area contributed by atoms with Crippen molar-refractivity contribution in [1.82, 2.24) is 15.2 Å². The lowest BCUT2D eigenvalue weighted by Crippen LogP contribution is -2.28. The SMILES string of the molecule is O=C(Cc1cc(Cl)ccc1O)NC1=CCN(Cc2cccnc2)C=C1. The average Bonchev–Trinajstić information content (AvgIpc) is 2.61. The third-order valence-electron chi connectivity index (χ3n) is 3.80. The van der Waals surface area contributed by atoms with Crippen molar-refractivity contribution in [2.45, 2.75) is 13.0 Å². The number of benzene rings is 1. The maximum atomic E-state index is 12.2. The Morgan fingerprint density at radius 1 is 1.36 bits per heavy atom. The average molecular weight is 356 g/mol. The normalized spacial score (nSPS) is 13.5. The van der Waals surface area contributed by atoms with Crippen molar-refractivity contribution in [1.29, 1.82) is 0 Å². The Morgan fingerprint density at radius 2 is 2.24 bits per heavy atom. The minimum Gasteiger partial charge on any atom is -0.508 e. The molecule has 0 spiro atoms. The largest absolute Gasteiger partial charge is 0.508 e. The second-order valence-corrected chi connectivity index (χ2v) is 6.20. The number of amides is 1. The zero-order valence-electron chi connectivity index (χ0n) is 13.5. The molecule has 0 fully saturated rings. The van der Waals surface area contributed by atoms with Gasteiger partial charge < -0.3 is 15.3 Å². The van der Waals surface area contributed by atoms with E-state index < -0.39 is 0 Å². The first-order chi connectivity index (χ1) is 12.1. The number of carbonyl (C=O) groups is 1. The molecule has 6 heteroatoms. The first-order valence-corrected chi connectivity index (χ1v) is 8.26. The van der Waals surface area contributed by atoms with Crippen LogP contribution in [0.3, 0.4) is 0 Å². The minimum atomic E-state index is -0.200. The fraction of sp³-hybridized carbons (Fsp3) is 0.158. The van der Waals surface area contributed by atoms with Gasteiger partial charge in [-0.1, -0.05) is 17.7 Å². The fourth-order valence-electron chi connectivity index (χ4n) is 2.54. The van der Waals surface area contributed by atoms with Crippen LogP contribution in [-0.4, -0.2) is 27.4 Å². The van der Waals surface area contributed by atoms with Gasteiger partial charge >= 0.3 is 0 Å². The third kappa shape index (κ3) is 4.84. The first kappa shape index (κ1) is 17.0. The molecule has 0 radical (unpaired) electrons. The number of aromatic nitrogens is 1. The summed E-state index contributed by atoms with van der Waals surface area (Å²) >= 11 is 5.90. The van der Waals surface area contributed by atoms with Gasteiger partial charge in [-0.25, -0.2) is 0 Å². The number of nitrogens with one attached hydrogen (secondary N) is 1. The number of pyridine rings is 1. The zero-order valence-corrected chi connectivity index (χ0v) is 14.3. The Kier molecular flexibility index (Phi) is 5.36.